The average molecular weight is 429 g/mol. The van der Waals surface area contributed by atoms with Gasteiger partial charge in [-0.05, 0) is 18.6 Å². The summed E-state index contributed by atoms with van der Waals surface area (Å²) in [5.41, 5.74) is -0.261. The summed E-state index contributed by atoms with van der Waals surface area (Å²) in [5, 5.41) is 2.27. The lowest BCUT2D eigenvalue weighted by molar-refractivity contribution is -0.136. The molecule has 3 rings (SSSR count). The van der Waals surface area contributed by atoms with Crippen LogP contribution in [0.15, 0.2) is 23.1 Å². The molecule has 8 nitrogen and oxygen atoms in total. The van der Waals surface area contributed by atoms with Crippen LogP contribution in [0.4, 0.5) is 0 Å². The van der Waals surface area contributed by atoms with Crippen molar-refractivity contribution >= 4 is 49.4 Å². The molecule has 10 heteroatoms. The minimum absolute atomic E-state index is 0.00143. The predicted molar refractivity (Wildman–Crippen MR) is 89.0 cm³/mol. The van der Waals surface area contributed by atoms with Gasteiger partial charge in [-0.1, -0.05) is 22.0 Å². The van der Waals surface area contributed by atoms with Crippen LogP contribution in [-0.2, 0) is 19.4 Å². The number of imide groups is 2. The zero-order valence-electron chi connectivity index (χ0n) is 12.8. The summed E-state index contributed by atoms with van der Waals surface area (Å²) < 4.78 is 24.8. The molecule has 1 atom stereocenters. The van der Waals surface area contributed by atoms with Crippen molar-refractivity contribution < 1.29 is 27.6 Å². The van der Waals surface area contributed by atoms with E-state index in [1.807, 2.05) is 0 Å². The number of sulfone groups is 1. The second-order valence-corrected chi connectivity index (χ2v) is 8.50. The van der Waals surface area contributed by atoms with E-state index < -0.39 is 39.5 Å². The smallest absolute Gasteiger partial charge is 0.263 e. The van der Waals surface area contributed by atoms with Crippen LogP contribution < -0.4 is 5.32 Å². The molecule has 0 bridgehead atoms. The summed E-state index contributed by atoms with van der Waals surface area (Å²) in [5.74, 6) is -3.01. The normalized spacial score (nSPS) is 20.7. The Bertz CT molecular complexity index is 911. The molecule has 0 spiro atoms. The van der Waals surface area contributed by atoms with Crippen molar-refractivity contribution in [3.05, 3.63) is 29.3 Å². The monoisotopic (exact) mass is 428 g/mol. The summed E-state index contributed by atoms with van der Waals surface area (Å²) in [6.07, 6.45) is 0.0121. The zero-order valence-corrected chi connectivity index (χ0v) is 15.2. The van der Waals surface area contributed by atoms with E-state index in [-0.39, 0.29) is 39.9 Å². The molecule has 0 aromatic heterocycles. The Morgan fingerprint density at radius 1 is 1.16 bits per heavy atom. The molecule has 0 aliphatic carbocycles. The molecule has 4 amide bonds. The molecule has 2 aliphatic heterocycles. The van der Waals surface area contributed by atoms with E-state index in [2.05, 4.69) is 21.2 Å². The molecule has 2 heterocycles. The molecule has 1 saturated heterocycles. The topological polar surface area (TPSA) is 118 Å². The Morgan fingerprint density at radius 2 is 1.88 bits per heavy atom. The third-order valence-corrected chi connectivity index (χ3v) is 6.78. The number of piperidine rings is 1. The van der Waals surface area contributed by atoms with Crippen molar-refractivity contribution in [1.29, 1.82) is 0 Å². The molecule has 1 fully saturated rings. The van der Waals surface area contributed by atoms with Gasteiger partial charge in [0.1, 0.15) is 6.04 Å². The van der Waals surface area contributed by atoms with Crippen molar-refractivity contribution in [2.24, 2.45) is 0 Å². The molecule has 1 aromatic carbocycles. The summed E-state index contributed by atoms with van der Waals surface area (Å²) in [6, 6.07) is 2.89. The maximum absolute atomic E-state index is 12.8. The van der Waals surface area contributed by atoms with Crippen molar-refractivity contribution in [3.63, 3.8) is 0 Å². The lowest BCUT2D eigenvalue weighted by Gasteiger charge is -2.27. The fourth-order valence-electron chi connectivity index (χ4n) is 2.95. The van der Waals surface area contributed by atoms with E-state index in [0.717, 1.165) is 4.90 Å². The van der Waals surface area contributed by atoms with Crippen LogP contribution in [-0.4, -0.2) is 54.1 Å². The zero-order chi connectivity index (χ0) is 18.4. The first-order valence-electron chi connectivity index (χ1n) is 7.41. The van der Waals surface area contributed by atoms with Crippen molar-refractivity contribution in [2.45, 2.75) is 23.8 Å². The number of benzene rings is 1. The van der Waals surface area contributed by atoms with Crippen molar-refractivity contribution in [3.8, 4) is 0 Å². The molecule has 1 aromatic rings. The predicted octanol–water partition coefficient (Wildman–Crippen LogP) is 0.256. The van der Waals surface area contributed by atoms with Gasteiger partial charge in [0.25, 0.3) is 11.8 Å². The number of carbonyl (C=O) groups is 4. The fraction of sp³-hybridized carbons (Fsp3) is 0.333. The highest BCUT2D eigenvalue weighted by Gasteiger charge is 2.46. The van der Waals surface area contributed by atoms with Gasteiger partial charge in [0, 0.05) is 11.8 Å². The number of halogens is 1. The van der Waals surface area contributed by atoms with E-state index >= 15 is 0 Å². The van der Waals surface area contributed by atoms with Gasteiger partial charge >= 0.3 is 0 Å². The minimum Gasteiger partial charge on any atom is -0.295 e. The number of nitrogens with zero attached hydrogens (tertiary/aromatic N) is 1. The highest BCUT2D eigenvalue weighted by Crippen LogP contribution is 2.32. The van der Waals surface area contributed by atoms with Crippen LogP contribution in [0.25, 0.3) is 0 Å². The standard InChI is InChI=1S/C15H13BrN2O6S/c16-6-7-25(23,24)10-3-1-2-8-12(10)15(22)18(14(8)21)9-4-5-11(19)17-13(9)20/h1-3,9H,4-7H2,(H,17,19,20). The summed E-state index contributed by atoms with van der Waals surface area (Å²) in [4.78, 5) is 49.2. The van der Waals surface area contributed by atoms with E-state index in [9.17, 15) is 27.6 Å². The Balaban J connectivity index is 2.06. The second-order valence-electron chi connectivity index (χ2n) is 5.63. The number of alkyl halides is 1. The third-order valence-electron chi connectivity index (χ3n) is 4.11. The van der Waals surface area contributed by atoms with E-state index in [1.54, 1.807) is 0 Å². The number of fused-ring (bicyclic) bond motifs is 1. The number of carbonyl (C=O) groups excluding carboxylic acids is 4. The Kier molecular flexibility index (Phi) is 4.50. The summed E-state index contributed by atoms with van der Waals surface area (Å²) in [7, 11) is -3.77. The van der Waals surface area contributed by atoms with Crippen LogP contribution in [0.2, 0.25) is 0 Å². The number of hydrogen-bond donors (Lipinski definition) is 1. The molecule has 0 saturated carbocycles. The third kappa shape index (κ3) is 2.89. The molecule has 1 unspecified atom stereocenters. The molecule has 132 valence electrons. The fourth-order valence-corrected chi connectivity index (χ4v) is 5.45. The Hall–Kier alpha value is -2.07. The van der Waals surface area contributed by atoms with Crippen LogP contribution in [0, 0.1) is 0 Å². The number of rotatable bonds is 4. The summed E-state index contributed by atoms with van der Waals surface area (Å²) >= 11 is 3.05. The van der Waals surface area contributed by atoms with Crippen LogP contribution in [0.3, 0.4) is 0 Å². The van der Waals surface area contributed by atoms with Crippen molar-refractivity contribution in [2.75, 3.05) is 11.1 Å². The quantitative estimate of drug-likeness (QED) is 0.542. The van der Waals surface area contributed by atoms with Crippen LogP contribution >= 0.6 is 15.9 Å². The molecular formula is C15H13BrN2O6S. The van der Waals surface area contributed by atoms with Gasteiger partial charge in [-0.15, -0.1) is 0 Å². The van der Waals surface area contributed by atoms with Gasteiger partial charge in [0.15, 0.2) is 9.84 Å². The van der Waals surface area contributed by atoms with E-state index in [0.29, 0.717) is 0 Å². The number of amides is 4. The first-order valence-corrected chi connectivity index (χ1v) is 10.2. The van der Waals surface area contributed by atoms with E-state index in [1.165, 1.54) is 18.2 Å². The maximum atomic E-state index is 12.8. The van der Waals surface area contributed by atoms with Gasteiger partial charge in [-0.25, -0.2) is 8.42 Å². The van der Waals surface area contributed by atoms with Gasteiger partial charge in [-0.3, -0.25) is 29.4 Å². The molecule has 1 N–H and O–H groups in total. The minimum atomic E-state index is -3.77. The van der Waals surface area contributed by atoms with Gasteiger partial charge in [0.05, 0.1) is 21.8 Å². The van der Waals surface area contributed by atoms with Gasteiger partial charge in [-0.2, -0.15) is 0 Å². The number of nitrogens with one attached hydrogen (secondary N) is 1. The largest absolute Gasteiger partial charge is 0.295 e. The van der Waals surface area contributed by atoms with Gasteiger partial charge in [0.2, 0.25) is 11.8 Å². The Labute approximate surface area is 151 Å². The maximum Gasteiger partial charge on any atom is 0.263 e. The molecule has 0 radical (unpaired) electrons. The number of hydrogen-bond acceptors (Lipinski definition) is 6. The highest BCUT2D eigenvalue weighted by atomic mass is 79.9. The summed E-state index contributed by atoms with van der Waals surface area (Å²) in [6.45, 7) is 0. The van der Waals surface area contributed by atoms with E-state index in [4.69, 9.17) is 0 Å². The molecule has 25 heavy (non-hydrogen) atoms. The van der Waals surface area contributed by atoms with Crippen LogP contribution in [0.5, 0.6) is 0 Å². The lowest BCUT2D eigenvalue weighted by atomic mass is 10.0. The highest BCUT2D eigenvalue weighted by molar-refractivity contribution is 9.09. The average Bonchev–Trinajstić information content (AvgIpc) is 2.79. The Morgan fingerprint density at radius 3 is 2.52 bits per heavy atom. The first kappa shape index (κ1) is 17.7. The first-order chi connectivity index (χ1) is 11.8. The van der Waals surface area contributed by atoms with Gasteiger partial charge < -0.3 is 0 Å². The lowest BCUT2D eigenvalue weighted by Crippen LogP contribution is -2.54. The second kappa shape index (κ2) is 6.34. The SMILES string of the molecule is O=C1CCC(N2C(=O)c3cccc(S(=O)(=O)CCBr)c3C2=O)C(=O)N1. The van der Waals surface area contributed by atoms with Crippen LogP contribution in [0.1, 0.15) is 33.6 Å². The van der Waals surface area contributed by atoms with Crippen molar-refractivity contribution in [1.82, 2.24) is 10.2 Å². The molecule has 2 aliphatic rings. The molecular weight excluding hydrogens is 416 g/mol.